The van der Waals surface area contributed by atoms with Crippen LogP contribution >= 0.6 is 22.9 Å². The van der Waals surface area contributed by atoms with Gasteiger partial charge in [0.25, 0.3) is 0 Å². The van der Waals surface area contributed by atoms with Crippen LogP contribution in [0.15, 0.2) is 36.4 Å². The first-order chi connectivity index (χ1) is 9.06. The normalized spacial score (nSPS) is 12.3. The Hall–Kier alpha value is -1.32. The Morgan fingerprint density at radius 3 is 2.58 bits per heavy atom. The summed E-state index contributed by atoms with van der Waals surface area (Å²) in [5, 5.41) is 9.37. The molecule has 0 radical (unpaired) electrons. The van der Waals surface area contributed by atoms with E-state index in [0.717, 1.165) is 16.0 Å². The molecule has 0 amide bonds. The number of carboxylic acids is 1. The van der Waals surface area contributed by atoms with Gasteiger partial charge in [0.1, 0.15) is 0 Å². The second-order valence-corrected chi connectivity index (χ2v) is 6.38. The van der Waals surface area contributed by atoms with Crippen molar-refractivity contribution in [2.24, 2.45) is 5.92 Å². The maximum absolute atomic E-state index is 11.4. The van der Waals surface area contributed by atoms with Crippen molar-refractivity contribution in [1.82, 2.24) is 0 Å². The Morgan fingerprint density at radius 2 is 2.00 bits per heavy atom. The van der Waals surface area contributed by atoms with Crippen molar-refractivity contribution in [2.45, 2.75) is 19.8 Å². The molecule has 0 aliphatic rings. The van der Waals surface area contributed by atoms with E-state index in [9.17, 15) is 9.90 Å². The molecule has 0 aliphatic carbocycles. The highest BCUT2D eigenvalue weighted by Crippen LogP contribution is 2.25. The quantitative estimate of drug-likeness (QED) is 0.897. The number of carbonyl (C=O) groups is 1. The first-order valence-corrected chi connectivity index (χ1v) is 7.27. The van der Waals surface area contributed by atoms with Crippen molar-refractivity contribution in [3.05, 3.63) is 56.7 Å². The van der Waals surface area contributed by atoms with Crippen LogP contribution in [0.2, 0.25) is 4.34 Å². The van der Waals surface area contributed by atoms with E-state index < -0.39 is 11.9 Å². The minimum absolute atomic E-state index is 0.407. The smallest absolute Gasteiger partial charge is 0.307 e. The second-order valence-electron chi connectivity index (χ2n) is 4.58. The van der Waals surface area contributed by atoms with Crippen LogP contribution < -0.4 is 0 Å². The van der Waals surface area contributed by atoms with Crippen molar-refractivity contribution in [1.29, 1.82) is 0 Å². The number of halogens is 1. The first-order valence-electron chi connectivity index (χ1n) is 6.08. The predicted molar refractivity (Wildman–Crippen MR) is 79.0 cm³/mol. The molecule has 19 heavy (non-hydrogen) atoms. The maximum Gasteiger partial charge on any atom is 0.307 e. The van der Waals surface area contributed by atoms with Gasteiger partial charge in [-0.1, -0.05) is 35.9 Å². The molecule has 1 heterocycles. The average Bonchev–Trinajstić information content (AvgIpc) is 2.76. The number of rotatable bonds is 5. The SMILES string of the molecule is Cc1ccccc1CC(Cc1ccc(Cl)s1)C(=O)O. The predicted octanol–water partition coefficient (Wildman–Crippen LogP) is 4.20. The molecule has 0 saturated heterocycles. The Kier molecular flexibility index (Phi) is 4.61. The van der Waals surface area contributed by atoms with Gasteiger partial charge >= 0.3 is 5.97 Å². The third-order valence-corrected chi connectivity index (χ3v) is 4.41. The lowest BCUT2D eigenvalue weighted by Gasteiger charge is -2.13. The molecule has 2 aromatic rings. The summed E-state index contributed by atoms with van der Waals surface area (Å²) in [6, 6.07) is 11.6. The molecule has 2 rings (SSSR count). The Morgan fingerprint density at radius 1 is 1.26 bits per heavy atom. The topological polar surface area (TPSA) is 37.3 Å². The molecule has 1 aromatic carbocycles. The first kappa shape index (κ1) is 14.1. The average molecular weight is 295 g/mol. The van der Waals surface area contributed by atoms with Gasteiger partial charge in [-0.05, 0) is 43.0 Å². The highest BCUT2D eigenvalue weighted by atomic mass is 35.5. The van der Waals surface area contributed by atoms with Gasteiger partial charge < -0.3 is 5.11 Å². The zero-order valence-electron chi connectivity index (χ0n) is 10.6. The van der Waals surface area contributed by atoms with Crippen LogP contribution in [0, 0.1) is 12.8 Å². The molecular weight excluding hydrogens is 280 g/mol. The van der Waals surface area contributed by atoms with E-state index in [-0.39, 0.29) is 0 Å². The molecule has 0 fully saturated rings. The van der Waals surface area contributed by atoms with Gasteiger partial charge in [-0.2, -0.15) is 0 Å². The van der Waals surface area contributed by atoms with Crippen molar-refractivity contribution < 1.29 is 9.90 Å². The second kappa shape index (κ2) is 6.22. The van der Waals surface area contributed by atoms with Crippen LogP contribution in [-0.2, 0) is 17.6 Å². The van der Waals surface area contributed by atoms with Gasteiger partial charge in [0.05, 0.1) is 10.3 Å². The summed E-state index contributed by atoms with van der Waals surface area (Å²) >= 11 is 7.33. The molecule has 4 heteroatoms. The number of benzene rings is 1. The van der Waals surface area contributed by atoms with Crippen molar-refractivity contribution in [3.8, 4) is 0 Å². The highest BCUT2D eigenvalue weighted by Gasteiger charge is 2.20. The van der Waals surface area contributed by atoms with E-state index in [1.165, 1.54) is 11.3 Å². The number of hydrogen-bond acceptors (Lipinski definition) is 2. The van der Waals surface area contributed by atoms with E-state index in [1.807, 2.05) is 43.3 Å². The minimum atomic E-state index is -0.757. The highest BCUT2D eigenvalue weighted by molar-refractivity contribution is 7.16. The minimum Gasteiger partial charge on any atom is -0.481 e. The lowest BCUT2D eigenvalue weighted by Crippen LogP contribution is -2.19. The van der Waals surface area contributed by atoms with Gasteiger partial charge in [0, 0.05) is 4.88 Å². The lowest BCUT2D eigenvalue weighted by atomic mass is 9.93. The fraction of sp³-hybridized carbons (Fsp3) is 0.267. The lowest BCUT2D eigenvalue weighted by molar-refractivity contribution is -0.141. The standard InChI is InChI=1S/C15H15ClO2S/c1-10-4-2-3-5-11(10)8-12(15(17)18)9-13-6-7-14(16)19-13/h2-7,12H,8-9H2,1H3,(H,17,18). The molecule has 0 aliphatic heterocycles. The summed E-state index contributed by atoms with van der Waals surface area (Å²) in [5.41, 5.74) is 2.23. The van der Waals surface area contributed by atoms with Crippen LogP contribution in [0.5, 0.6) is 0 Å². The largest absolute Gasteiger partial charge is 0.481 e. The third kappa shape index (κ3) is 3.82. The van der Waals surface area contributed by atoms with E-state index in [1.54, 1.807) is 0 Å². The van der Waals surface area contributed by atoms with E-state index in [4.69, 9.17) is 11.6 Å². The summed E-state index contributed by atoms with van der Waals surface area (Å²) in [5.74, 6) is -1.16. The van der Waals surface area contributed by atoms with Gasteiger partial charge in [-0.25, -0.2) is 0 Å². The fourth-order valence-electron chi connectivity index (χ4n) is 2.06. The number of aliphatic carboxylic acids is 1. The molecular formula is C15H15ClO2S. The third-order valence-electron chi connectivity index (χ3n) is 3.15. The van der Waals surface area contributed by atoms with Crippen LogP contribution in [0.1, 0.15) is 16.0 Å². The van der Waals surface area contributed by atoms with Gasteiger partial charge in [0.15, 0.2) is 0 Å². The molecule has 0 bridgehead atoms. The van der Waals surface area contributed by atoms with Crippen LogP contribution in [0.3, 0.4) is 0 Å². The Balaban J connectivity index is 2.13. The van der Waals surface area contributed by atoms with Gasteiger partial charge in [0.2, 0.25) is 0 Å². The van der Waals surface area contributed by atoms with E-state index >= 15 is 0 Å². The summed E-state index contributed by atoms with van der Waals surface area (Å²) < 4.78 is 0.704. The number of carboxylic acid groups (broad SMARTS) is 1. The number of thiophene rings is 1. The van der Waals surface area contributed by atoms with Crippen molar-refractivity contribution >= 4 is 28.9 Å². The summed E-state index contributed by atoms with van der Waals surface area (Å²) in [6.07, 6.45) is 1.08. The molecule has 1 atom stereocenters. The summed E-state index contributed by atoms with van der Waals surface area (Å²) in [4.78, 5) is 12.4. The number of aryl methyl sites for hydroxylation is 1. The molecule has 0 spiro atoms. The zero-order chi connectivity index (χ0) is 13.8. The van der Waals surface area contributed by atoms with Gasteiger partial charge in [-0.15, -0.1) is 11.3 Å². The van der Waals surface area contributed by atoms with Gasteiger partial charge in [-0.3, -0.25) is 4.79 Å². The van der Waals surface area contributed by atoms with Crippen LogP contribution in [0.4, 0.5) is 0 Å². The maximum atomic E-state index is 11.4. The molecule has 0 saturated carbocycles. The van der Waals surface area contributed by atoms with Crippen LogP contribution in [0.25, 0.3) is 0 Å². The molecule has 1 aromatic heterocycles. The van der Waals surface area contributed by atoms with E-state index in [2.05, 4.69) is 0 Å². The Labute approximate surface area is 121 Å². The van der Waals surface area contributed by atoms with Crippen molar-refractivity contribution in [2.75, 3.05) is 0 Å². The monoisotopic (exact) mass is 294 g/mol. The fourth-order valence-corrected chi connectivity index (χ4v) is 3.22. The van der Waals surface area contributed by atoms with Crippen molar-refractivity contribution in [3.63, 3.8) is 0 Å². The van der Waals surface area contributed by atoms with E-state index in [0.29, 0.717) is 17.2 Å². The number of hydrogen-bond donors (Lipinski definition) is 1. The summed E-state index contributed by atoms with van der Waals surface area (Å²) in [7, 11) is 0. The Bertz CT molecular complexity index is 577. The van der Waals surface area contributed by atoms with Crippen LogP contribution in [-0.4, -0.2) is 11.1 Å². The zero-order valence-corrected chi connectivity index (χ0v) is 12.2. The summed E-state index contributed by atoms with van der Waals surface area (Å²) in [6.45, 7) is 2.01. The molecule has 2 nitrogen and oxygen atoms in total. The molecule has 1 unspecified atom stereocenters. The molecule has 100 valence electrons. The molecule has 1 N–H and O–H groups in total.